The normalized spacial score (nSPS) is 10.8. The third-order valence-corrected chi connectivity index (χ3v) is 4.75. The number of carbonyl (C=O) groups is 1. The van der Waals surface area contributed by atoms with Crippen molar-refractivity contribution in [3.8, 4) is 11.3 Å². The summed E-state index contributed by atoms with van der Waals surface area (Å²) in [5.74, 6) is -0.0350. The van der Waals surface area contributed by atoms with Crippen molar-refractivity contribution in [1.29, 1.82) is 5.41 Å². The molecule has 2 heterocycles. The van der Waals surface area contributed by atoms with E-state index in [2.05, 4.69) is 25.5 Å². The molecule has 2 aromatic carbocycles. The van der Waals surface area contributed by atoms with Crippen LogP contribution in [0.15, 0.2) is 54.9 Å². The van der Waals surface area contributed by atoms with Crippen molar-refractivity contribution in [2.45, 2.75) is 6.42 Å². The highest BCUT2D eigenvalue weighted by molar-refractivity contribution is 6.07. The van der Waals surface area contributed by atoms with Gasteiger partial charge in [-0.05, 0) is 36.2 Å². The van der Waals surface area contributed by atoms with Crippen LogP contribution < -0.4 is 16.8 Å². The van der Waals surface area contributed by atoms with Crippen molar-refractivity contribution < 1.29 is 4.79 Å². The monoisotopic (exact) mass is 400 g/mol. The molecule has 9 nitrogen and oxygen atoms in total. The largest absolute Gasteiger partial charge is 0.384 e. The Morgan fingerprint density at radius 2 is 1.97 bits per heavy atom. The SMILES string of the molecule is N=C(N)c1c[nH]c2ccc(CCNC(=O)c3ccc(-c4cnnc(N)n4)cc3)cc12. The molecule has 9 heteroatoms. The fourth-order valence-corrected chi connectivity index (χ4v) is 3.22. The molecule has 4 aromatic rings. The van der Waals surface area contributed by atoms with Crippen molar-refractivity contribution in [2.24, 2.45) is 5.73 Å². The molecule has 0 fully saturated rings. The number of aromatic amines is 1. The quantitative estimate of drug-likeness (QED) is 0.245. The molecule has 0 spiro atoms. The first-order chi connectivity index (χ1) is 14.5. The van der Waals surface area contributed by atoms with Crippen LogP contribution in [-0.4, -0.2) is 38.5 Å². The van der Waals surface area contributed by atoms with E-state index in [1.165, 1.54) is 6.20 Å². The van der Waals surface area contributed by atoms with Crippen LogP contribution in [0.3, 0.4) is 0 Å². The summed E-state index contributed by atoms with van der Waals surface area (Å²) < 4.78 is 0. The molecule has 150 valence electrons. The minimum Gasteiger partial charge on any atom is -0.384 e. The highest BCUT2D eigenvalue weighted by atomic mass is 16.1. The Kier molecular flexibility index (Phi) is 5.08. The van der Waals surface area contributed by atoms with E-state index in [-0.39, 0.29) is 17.7 Å². The van der Waals surface area contributed by atoms with Crippen molar-refractivity contribution in [1.82, 2.24) is 25.5 Å². The summed E-state index contributed by atoms with van der Waals surface area (Å²) in [5, 5.41) is 18.9. The van der Waals surface area contributed by atoms with Gasteiger partial charge in [-0.3, -0.25) is 10.2 Å². The predicted molar refractivity (Wildman–Crippen MR) is 115 cm³/mol. The predicted octanol–water partition coefficient (Wildman–Crippen LogP) is 1.86. The average molecular weight is 400 g/mol. The van der Waals surface area contributed by atoms with Crippen molar-refractivity contribution in [3.63, 3.8) is 0 Å². The first-order valence-corrected chi connectivity index (χ1v) is 9.29. The summed E-state index contributed by atoms with van der Waals surface area (Å²) in [4.78, 5) is 19.7. The van der Waals surface area contributed by atoms with E-state index in [0.29, 0.717) is 29.8 Å². The molecule has 0 unspecified atom stereocenters. The summed E-state index contributed by atoms with van der Waals surface area (Å²) >= 11 is 0. The van der Waals surface area contributed by atoms with Crippen LogP contribution >= 0.6 is 0 Å². The van der Waals surface area contributed by atoms with Gasteiger partial charge in [-0.15, -0.1) is 5.10 Å². The number of H-pyrrole nitrogens is 1. The lowest BCUT2D eigenvalue weighted by Crippen LogP contribution is -2.25. The lowest BCUT2D eigenvalue weighted by molar-refractivity contribution is 0.0954. The van der Waals surface area contributed by atoms with E-state index < -0.39 is 0 Å². The smallest absolute Gasteiger partial charge is 0.251 e. The van der Waals surface area contributed by atoms with Gasteiger partial charge in [0.2, 0.25) is 5.95 Å². The number of nitrogens with one attached hydrogen (secondary N) is 3. The number of fused-ring (bicyclic) bond motifs is 1. The Morgan fingerprint density at radius 1 is 1.17 bits per heavy atom. The number of nitrogen functional groups attached to an aromatic ring is 2. The second kappa shape index (κ2) is 8.00. The highest BCUT2D eigenvalue weighted by Gasteiger charge is 2.09. The van der Waals surface area contributed by atoms with Gasteiger partial charge < -0.3 is 21.8 Å². The van der Waals surface area contributed by atoms with Crippen LogP contribution in [0.2, 0.25) is 0 Å². The summed E-state index contributed by atoms with van der Waals surface area (Å²) in [6.45, 7) is 0.484. The van der Waals surface area contributed by atoms with Crippen LogP contribution in [0.5, 0.6) is 0 Å². The molecular weight excluding hydrogens is 380 g/mol. The molecule has 0 aliphatic rings. The van der Waals surface area contributed by atoms with Gasteiger partial charge in [0.25, 0.3) is 5.91 Å². The van der Waals surface area contributed by atoms with Gasteiger partial charge >= 0.3 is 0 Å². The molecule has 4 rings (SSSR count). The Bertz CT molecular complexity index is 1230. The highest BCUT2D eigenvalue weighted by Crippen LogP contribution is 2.20. The Balaban J connectivity index is 1.38. The Morgan fingerprint density at radius 3 is 2.70 bits per heavy atom. The van der Waals surface area contributed by atoms with E-state index >= 15 is 0 Å². The maximum absolute atomic E-state index is 12.4. The molecule has 0 saturated carbocycles. The lowest BCUT2D eigenvalue weighted by atomic mass is 10.1. The first kappa shape index (κ1) is 19.1. The molecule has 0 saturated heterocycles. The zero-order valence-corrected chi connectivity index (χ0v) is 16.0. The van der Waals surface area contributed by atoms with Gasteiger partial charge in [-0.25, -0.2) is 4.98 Å². The molecule has 0 radical (unpaired) electrons. The minimum atomic E-state index is -0.158. The number of hydrogen-bond acceptors (Lipinski definition) is 6. The van der Waals surface area contributed by atoms with Crippen LogP contribution in [-0.2, 0) is 6.42 Å². The van der Waals surface area contributed by atoms with E-state index in [9.17, 15) is 4.79 Å². The van der Waals surface area contributed by atoms with Gasteiger partial charge in [0, 0.05) is 40.3 Å². The third kappa shape index (κ3) is 3.95. The second-order valence-electron chi connectivity index (χ2n) is 6.78. The van der Waals surface area contributed by atoms with Crippen molar-refractivity contribution in [3.05, 3.63) is 71.5 Å². The number of carbonyl (C=O) groups excluding carboxylic acids is 1. The molecule has 1 amide bonds. The number of hydrogen-bond donors (Lipinski definition) is 5. The van der Waals surface area contributed by atoms with Crippen LogP contribution in [0.4, 0.5) is 5.95 Å². The van der Waals surface area contributed by atoms with Gasteiger partial charge in [-0.2, -0.15) is 5.10 Å². The second-order valence-corrected chi connectivity index (χ2v) is 6.78. The average Bonchev–Trinajstić information content (AvgIpc) is 3.17. The van der Waals surface area contributed by atoms with E-state index in [1.807, 2.05) is 18.2 Å². The summed E-state index contributed by atoms with van der Waals surface area (Å²) in [6, 6.07) is 13.0. The summed E-state index contributed by atoms with van der Waals surface area (Å²) in [5.41, 5.74) is 15.8. The summed E-state index contributed by atoms with van der Waals surface area (Å²) in [6.07, 6.45) is 3.91. The number of rotatable bonds is 6. The van der Waals surface area contributed by atoms with Gasteiger partial charge in [-0.1, -0.05) is 18.2 Å². The third-order valence-electron chi connectivity index (χ3n) is 4.75. The molecule has 2 aromatic heterocycles. The summed E-state index contributed by atoms with van der Waals surface area (Å²) in [7, 11) is 0. The fraction of sp³-hybridized carbons (Fsp3) is 0.0952. The molecular formula is C21H20N8O. The number of amides is 1. The van der Waals surface area contributed by atoms with E-state index in [0.717, 1.165) is 22.0 Å². The number of anilines is 1. The minimum absolute atomic E-state index is 0.0237. The number of nitrogens with two attached hydrogens (primary N) is 2. The van der Waals surface area contributed by atoms with Gasteiger partial charge in [0.15, 0.2) is 0 Å². The number of benzene rings is 2. The topological polar surface area (TPSA) is 159 Å². The van der Waals surface area contributed by atoms with Crippen molar-refractivity contribution in [2.75, 3.05) is 12.3 Å². The maximum Gasteiger partial charge on any atom is 0.251 e. The maximum atomic E-state index is 12.4. The van der Waals surface area contributed by atoms with Gasteiger partial charge in [0.1, 0.15) is 5.84 Å². The van der Waals surface area contributed by atoms with E-state index in [1.54, 1.807) is 30.5 Å². The fourth-order valence-electron chi connectivity index (χ4n) is 3.22. The standard InChI is InChI=1S/C21H20N8O/c22-19(23)16-10-26-17-6-1-12(9-15(16)17)7-8-25-20(30)14-4-2-13(3-5-14)18-11-27-29-21(24)28-18/h1-6,9-11,26H,7-8H2,(H3,22,23)(H,25,30)(H2,24,28,29). The lowest BCUT2D eigenvalue weighted by Gasteiger charge is -2.07. The molecule has 0 aliphatic heterocycles. The molecule has 0 bridgehead atoms. The van der Waals surface area contributed by atoms with E-state index in [4.69, 9.17) is 16.9 Å². The Hall–Kier alpha value is -4.27. The number of nitrogens with zero attached hydrogens (tertiary/aromatic N) is 3. The Labute approximate surface area is 172 Å². The molecule has 0 aliphatic carbocycles. The molecule has 30 heavy (non-hydrogen) atoms. The molecule has 7 N–H and O–H groups in total. The van der Waals surface area contributed by atoms with Gasteiger partial charge in [0.05, 0.1) is 11.9 Å². The van der Waals surface area contributed by atoms with Crippen molar-refractivity contribution >= 4 is 28.6 Å². The number of aromatic nitrogens is 4. The van der Waals surface area contributed by atoms with Crippen LogP contribution in [0.1, 0.15) is 21.5 Å². The van der Waals surface area contributed by atoms with Crippen LogP contribution in [0.25, 0.3) is 22.2 Å². The zero-order chi connectivity index (χ0) is 21.1. The van der Waals surface area contributed by atoms with Crippen LogP contribution in [0, 0.1) is 5.41 Å². The first-order valence-electron chi connectivity index (χ1n) is 9.29. The number of amidine groups is 1. The molecule has 0 atom stereocenters. The zero-order valence-electron chi connectivity index (χ0n) is 16.0.